The minimum Gasteiger partial charge on any atom is -0.483 e. The first-order valence-electron chi connectivity index (χ1n) is 6.47. The molecule has 2 rings (SSSR count). The molecule has 0 saturated carbocycles. The van der Waals surface area contributed by atoms with Gasteiger partial charge in [0.05, 0.1) is 24.9 Å². The molecule has 1 aliphatic rings. The van der Waals surface area contributed by atoms with Crippen molar-refractivity contribution >= 4 is 22.7 Å². The number of hydrogen-bond acceptors (Lipinski definition) is 5. The molecule has 19 heavy (non-hydrogen) atoms. The fourth-order valence-electron chi connectivity index (χ4n) is 2.07. The maximum atomic E-state index is 9.35. The van der Waals surface area contributed by atoms with Gasteiger partial charge in [-0.2, -0.15) is 5.26 Å². The van der Waals surface area contributed by atoms with E-state index in [2.05, 4.69) is 24.9 Å². The Hall–Kier alpha value is -1.38. The molecule has 102 valence electrons. The lowest BCUT2D eigenvalue weighted by atomic mass is 9.95. The molecule has 0 spiro atoms. The van der Waals surface area contributed by atoms with Gasteiger partial charge in [0.15, 0.2) is 6.40 Å². The normalized spacial score (nSPS) is 18.6. The molecule has 1 aliphatic heterocycles. The summed E-state index contributed by atoms with van der Waals surface area (Å²) in [5.74, 6) is 0.454. The number of rotatable bonds is 4. The van der Waals surface area contributed by atoms with Crippen LogP contribution in [0.5, 0.6) is 0 Å². The lowest BCUT2D eigenvalue weighted by Crippen LogP contribution is -2.26. The van der Waals surface area contributed by atoms with Gasteiger partial charge < -0.3 is 9.47 Å². The zero-order valence-corrected chi connectivity index (χ0v) is 12.3. The largest absolute Gasteiger partial charge is 0.483 e. The highest BCUT2D eigenvalue weighted by atomic mass is 32.1. The predicted molar refractivity (Wildman–Crippen MR) is 75.9 cm³/mol. The standard InChI is InChI=1S/C14H18N2O2S/c1-4-17-8-16-14-11(6-15)10-5-12(9(2)3)18-7-13(10)19-14/h8-9,12H,4-5,7H2,1-3H3/t12-/m1/s1. The van der Waals surface area contributed by atoms with Crippen molar-refractivity contribution < 1.29 is 9.47 Å². The van der Waals surface area contributed by atoms with Gasteiger partial charge in [-0.15, -0.1) is 11.3 Å². The lowest BCUT2D eigenvalue weighted by Gasteiger charge is -2.26. The van der Waals surface area contributed by atoms with Crippen molar-refractivity contribution in [1.82, 2.24) is 0 Å². The zero-order chi connectivity index (χ0) is 13.8. The van der Waals surface area contributed by atoms with Crippen LogP contribution in [0.3, 0.4) is 0 Å². The summed E-state index contributed by atoms with van der Waals surface area (Å²) in [5.41, 5.74) is 1.80. The van der Waals surface area contributed by atoms with E-state index in [4.69, 9.17) is 9.47 Å². The van der Waals surface area contributed by atoms with Gasteiger partial charge in [-0.05, 0) is 18.4 Å². The van der Waals surface area contributed by atoms with Crippen molar-refractivity contribution in [3.05, 3.63) is 16.0 Å². The first-order valence-corrected chi connectivity index (χ1v) is 7.29. The van der Waals surface area contributed by atoms with E-state index in [9.17, 15) is 5.26 Å². The Balaban J connectivity index is 2.29. The van der Waals surface area contributed by atoms with Crippen LogP contribution in [0.15, 0.2) is 4.99 Å². The van der Waals surface area contributed by atoms with Crippen LogP contribution in [0.25, 0.3) is 0 Å². The fraction of sp³-hybridized carbons (Fsp3) is 0.571. The summed E-state index contributed by atoms with van der Waals surface area (Å²) in [5, 5.41) is 10.1. The smallest absolute Gasteiger partial charge is 0.175 e. The third-order valence-corrected chi connectivity index (χ3v) is 4.29. The van der Waals surface area contributed by atoms with Gasteiger partial charge in [0.1, 0.15) is 11.1 Å². The molecule has 1 aromatic heterocycles. The highest BCUT2D eigenvalue weighted by Crippen LogP contribution is 2.39. The summed E-state index contributed by atoms with van der Waals surface area (Å²) in [6.07, 6.45) is 2.41. The van der Waals surface area contributed by atoms with Crippen LogP contribution < -0.4 is 0 Å². The summed E-state index contributed by atoms with van der Waals surface area (Å²) in [6, 6.07) is 2.28. The first-order chi connectivity index (χ1) is 9.17. The van der Waals surface area contributed by atoms with E-state index in [1.165, 1.54) is 17.7 Å². The van der Waals surface area contributed by atoms with E-state index in [-0.39, 0.29) is 6.10 Å². The third kappa shape index (κ3) is 2.96. The highest BCUT2D eigenvalue weighted by molar-refractivity contribution is 7.16. The van der Waals surface area contributed by atoms with Gasteiger partial charge in [-0.25, -0.2) is 4.99 Å². The van der Waals surface area contributed by atoms with Gasteiger partial charge in [0, 0.05) is 11.3 Å². The number of nitrogens with zero attached hydrogens (tertiary/aromatic N) is 2. The zero-order valence-electron chi connectivity index (χ0n) is 11.5. The minimum atomic E-state index is 0.193. The fourth-order valence-corrected chi connectivity index (χ4v) is 3.10. The second-order valence-electron chi connectivity index (χ2n) is 4.78. The molecule has 5 heteroatoms. The van der Waals surface area contributed by atoms with Gasteiger partial charge in [-0.3, -0.25) is 0 Å². The Morgan fingerprint density at radius 1 is 1.63 bits per heavy atom. The molecule has 2 heterocycles. The van der Waals surface area contributed by atoms with Crippen molar-refractivity contribution in [2.45, 2.75) is 39.9 Å². The number of fused-ring (bicyclic) bond motifs is 1. The second kappa shape index (κ2) is 6.18. The van der Waals surface area contributed by atoms with Crippen LogP contribution >= 0.6 is 11.3 Å². The molecule has 0 unspecified atom stereocenters. The Labute approximate surface area is 117 Å². The third-order valence-electron chi connectivity index (χ3n) is 3.17. The van der Waals surface area contributed by atoms with E-state index >= 15 is 0 Å². The molecule has 4 nitrogen and oxygen atoms in total. The minimum absolute atomic E-state index is 0.193. The average molecular weight is 278 g/mol. The highest BCUT2D eigenvalue weighted by Gasteiger charge is 2.27. The maximum absolute atomic E-state index is 9.35. The second-order valence-corrected chi connectivity index (χ2v) is 5.87. The van der Waals surface area contributed by atoms with Crippen LogP contribution in [-0.4, -0.2) is 19.1 Å². The van der Waals surface area contributed by atoms with Crippen LogP contribution in [0, 0.1) is 17.2 Å². The van der Waals surface area contributed by atoms with Crippen molar-refractivity contribution in [2.75, 3.05) is 6.61 Å². The number of thiophene rings is 1. The van der Waals surface area contributed by atoms with Gasteiger partial charge in [0.2, 0.25) is 0 Å². The number of ether oxygens (including phenoxy) is 2. The van der Waals surface area contributed by atoms with Crippen molar-refractivity contribution in [1.29, 1.82) is 5.26 Å². The summed E-state index contributed by atoms with van der Waals surface area (Å²) < 4.78 is 10.9. The van der Waals surface area contributed by atoms with Crippen LogP contribution in [0.2, 0.25) is 0 Å². The Bertz CT molecular complexity index is 514. The molecule has 0 bridgehead atoms. The summed E-state index contributed by atoms with van der Waals surface area (Å²) >= 11 is 1.53. The Kier molecular flexibility index (Phi) is 4.56. The summed E-state index contributed by atoms with van der Waals surface area (Å²) in [4.78, 5) is 5.36. The molecule has 0 aromatic carbocycles. The van der Waals surface area contributed by atoms with E-state index < -0.39 is 0 Å². The molecule has 1 atom stereocenters. The molecule has 0 aliphatic carbocycles. The summed E-state index contributed by atoms with van der Waals surface area (Å²) in [6.45, 7) is 7.35. The Morgan fingerprint density at radius 2 is 2.42 bits per heavy atom. The SMILES string of the molecule is CCOC=Nc1sc2c(c1C#N)C[C@H](C(C)C)OC2. The monoisotopic (exact) mass is 278 g/mol. The van der Waals surface area contributed by atoms with E-state index in [1.807, 2.05) is 6.92 Å². The van der Waals surface area contributed by atoms with Gasteiger partial charge in [0.25, 0.3) is 0 Å². The molecule has 1 aromatic rings. The van der Waals surface area contributed by atoms with Crippen LogP contribution in [0.4, 0.5) is 5.00 Å². The van der Waals surface area contributed by atoms with E-state index in [0.29, 0.717) is 24.7 Å². The number of hydrogen-bond donors (Lipinski definition) is 0. The number of nitriles is 1. The van der Waals surface area contributed by atoms with Crippen LogP contribution in [-0.2, 0) is 22.5 Å². The molecular formula is C14H18N2O2S. The molecule has 0 fully saturated rings. The van der Waals surface area contributed by atoms with E-state index in [1.54, 1.807) is 0 Å². The quantitative estimate of drug-likeness (QED) is 0.626. The first kappa shape index (κ1) is 14.0. The van der Waals surface area contributed by atoms with Crippen LogP contribution in [0.1, 0.15) is 36.8 Å². The molecule has 0 saturated heterocycles. The van der Waals surface area contributed by atoms with Gasteiger partial charge in [-0.1, -0.05) is 13.8 Å². The van der Waals surface area contributed by atoms with Gasteiger partial charge >= 0.3 is 0 Å². The van der Waals surface area contributed by atoms with Crippen molar-refractivity contribution in [3.8, 4) is 6.07 Å². The average Bonchev–Trinajstić information content (AvgIpc) is 2.75. The van der Waals surface area contributed by atoms with Crippen molar-refractivity contribution in [2.24, 2.45) is 10.9 Å². The Morgan fingerprint density at radius 3 is 3.05 bits per heavy atom. The van der Waals surface area contributed by atoms with E-state index in [0.717, 1.165) is 21.9 Å². The van der Waals surface area contributed by atoms with Crippen molar-refractivity contribution in [3.63, 3.8) is 0 Å². The number of aliphatic imine (C=N–C) groups is 1. The maximum Gasteiger partial charge on any atom is 0.175 e. The molecular weight excluding hydrogens is 260 g/mol. The molecule has 0 radical (unpaired) electrons. The predicted octanol–water partition coefficient (Wildman–Crippen LogP) is 3.41. The molecule has 0 amide bonds. The molecule has 0 N–H and O–H groups in total. The topological polar surface area (TPSA) is 54.6 Å². The summed E-state index contributed by atoms with van der Waals surface area (Å²) in [7, 11) is 0. The lowest BCUT2D eigenvalue weighted by molar-refractivity contribution is 0.00161.